The number of carbonyl (C=O) groups is 1. The lowest BCUT2D eigenvalue weighted by molar-refractivity contribution is 0.102. The van der Waals surface area contributed by atoms with E-state index >= 15 is 0 Å². The Morgan fingerprint density at radius 1 is 1.12 bits per heavy atom. The van der Waals surface area contributed by atoms with Crippen LogP contribution >= 0.6 is 0 Å². The van der Waals surface area contributed by atoms with Gasteiger partial charge >= 0.3 is 0 Å². The van der Waals surface area contributed by atoms with Gasteiger partial charge in [0.25, 0.3) is 5.91 Å². The molecule has 4 heteroatoms. The van der Waals surface area contributed by atoms with Crippen molar-refractivity contribution in [2.75, 3.05) is 25.5 Å². The smallest absolute Gasteiger partial charge is 0.255 e. The SMILES string of the molecule is COCc1ccc(C(=O)Nc2ccc(CN3CCCC(C)C3)cc2)cc1. The molecular weight excluding hydrogens is 324 g/mol. The highest BCUT2D eigenvalue weighted by atomic mass is 16.5. The molecule has 0 radical (unpaired) electrons. The van der Waals surface area contributed by atoms with E-state index in [9.17, 15) is 4.79 Å². The Morgan fingerprint density at radius 2 is 1.81 bits per heavy atom. The summed E-state index contributed by atoms with van der Waals surface area (Å²) in [5, 5.41) is 2.96. The zero-order valence-electron chi connectivity index (χ0n) is 15.7. The number of hydrogen-bond acceptors (Lipinski definition) is 3. The average Bonchev–Trinajstić information content (AvgIpc) is 2.64. The van der Waals surface area contributed by atoms with E-state index in [1.807, 2.05) is 36.4 Å². The van der Waals surface area contributed by atoms with Crippen molar-refractivity contribution in [2.24, 2.45) is 5.92 Å². The van der Waals surface area contributed by atoms with E-state index in [2.05, 4.69) is 29.3 Å². The van der Waals surface area contributed by atoms with E-state index < -0.39 is 0 Å². The number of nitrogens with one attached hydrogen (secondary N) is 1. The molecule has 1 N–H and O–H groups in total. The summed E-state index contributed by atoms with van der Waals surface area (Å²) in [6.45, 7) is 6.23. The first-order valence-corrected chi connectivity index (χ1v) is 9.34. The van der Waals surface area contributed by atoms with Gasteiger partial charge in [-0.2, -0.15) is 0 Å². The minimum atomic E-state index is -0.0911. The van der Waals surface area contributed by atoms with Crippen LogP contribution in [0, 0.1) is 5.92 Å². The van der Waals surface area contributed by atoms with Gasteiger partial charge in [0.15, 0.2) is 0 Å². The Hall–Kier alpha value is -2.17. The van der Waals surface area contributed by atoms with Gasteiger partial charge in [0, 0.05) is 31.5 Å². The second-order valence-electron chi connectivity index (χ2n) is 7.26. The van der Waals surface area contributed by atoms with Gasteiger partial charge in [-0.3, -0.25) is 9.69 Å². The van der Waals surface area contributed by atoms with Crippen LogP contribution in [0.1, 0.15) is 41.3 Å². The van der Waals surface area contributed by atoms with E-state index in [1.54, 1.807) is 7.11 Å². The van der Waals surface area contributed by atoms with Crippen molar-refractivity contribution in [3.8, 4) is 0 Å². The molecule has 2 aromatic rings. The number of anilines is 1. The van der Waals surface area contributed by atoms with Crippen LogP contribution in [0.15, 0.2) is 48.5 Å². The van der Waals surface area contributed by atoms with E-state index in [0.717, 1.165) is 23.7 Å². The van der Waals surface area contributed by atoms with Crippen molar-refractivity contribution in [3.63, 3.8) is 0 Å². The fourth-order valence-corrected chi connectivity index (χ4v) is 3.50. The lowest BCUT2D eigenvalue weighted by Gasteiger charge is -2.30. The molecule has 0 spiro atoms. The Labute approximate surface area is 156 Å². The molecule has 26 heavy (non-hydrogen) atoms. The number of methoxy groups -OCH3 is 1. The molecule has 1 aliphatic rings. The summed E-state index contributed by atoms with van der Waals surface area (Å²) in [5.74, 6) is 0.698. The predicted octanol–water partition coefficient (Wildman–Crippen LogP) is 4.32. The van der Waals surface area contributed by atoms with E-state index in [4.69, 9.17) is 4.74 Å². The van der Waals surface area contributed by atoms with Crippen molar-refractivity contribution in [1.29, 1.82) is 0 Å². The van der Waals surface area contributed by atoms with Crippen molar-refractivity contribution in [2.45, 2.75) is 32.9 Å². The maximum absolute atomic E-state index is 12.4. The first-order chi connectivity index (χ1) is 12.6. The van der Waals surface area contributed by atoms with Gasteiger partial charge in [-0.05, 0) is 60.7 Å². The molecule has 1 saturated heterocycles. The molecule has 0 saturated carbocycles. The molecule has 3 rings (SSSR count). The van der Waals surface area contributed by atoms with E-state index in [0.29, 0.717) is 12.2 Å². The fraction of sp³-hybridized carbons (Fsp3) is 0.409. The van der Waals surface area contributed by atoms with Crippen LogP contribution < -0.4 is 5.32 Å². The minimum Gasteiger partial charge on any atom is -0.380 e. The molecule has 138 valence electrons. The van der Waals surface area contributed by atoms with Gasteiger partial charge in [-0.1, -0.05) is 31.2 Å². The molecule has 1 amide bonds. The molecule has 1 atom stereocenters. The number of hydrogen-bond donors (Lipinski definition) is 1. The molecular formula is C22H28N2O2. The summed E-state index contributed by atoms with van der Waals surface area (Å²) in [5.41, 5.74) is 3.82. The zero-order valence-corrected chi connectivity index (χ0v) is 15.7. The van der Waals surface area contributed by atoms with E-state index in [-0.39, 0.29) is 5.91 Å². The topological polar surface area (TPSA) is 41.6 Å². The van der Waals surface area contributed by atoms with Crippen molar-refractivity contribution >= 4 is 11.6 Å². The predicted molar refractivity (Wildman–Crippen MR) is 105 cm³/mol. The fourth-order valence-electron chi connectivity index (χ4n) is 3.50. The number of rotatable bonds is 6. The lowest BCUT2D eigenvalue weighted by Crippen LogP contribution is -2.33. The van der Waals surface area contributed by atoms with Gasteiger partial charge in [0.2, 0.25) is 0 Å². The third-order valence-corrected chi connectivity index (χ3v) is 4.89. The standard InChI is InChI=1S/C22H28N2O2/c1-17-4-3-13-24(14-17)15-18-7-11-21(12-8-18)23-22(25)20-9-5-19(6-10-20)16-26-2/h5-12,17H,3-4,13-16H2,1-2H3,(H,23,25). The van der Waals surface area contributed by atoms with Crippen molar-refractivity contribution < 1.29 is 9.53 Å². The summed E-state index contributed by atoms with van der Waals surface area (Å²) in [6, 6.07) is 15.7. The molecule has 1 aliphatic heterocycles. The van der Waals surface area contributed by atoms with Gasteiger partial charge in [0.05, 0.1) is 6.61 Å². The Balaban J connectivity index is 1.55. The maximum Gasteiger partial charge on any atom is 0.255 e. The van der Waals surface area contributed by atoms with Crippen molar-refractivity contribution in [1.82, 2.24) is 4.90 Å². The van der Waals surface area contributed by atoms with Crippen LogP contribution in [0.4, 0.5) is 5.69 Å². The zero-order chi connectivity index (χ0) is 18.4. The van der Waals surface area contributed by atoms with Gasteiger partial charge in [0.1, 0.15) is 0 Å². The number of ether oxygens (including phenoxy) is 1. The largest absolute Gasteiger partial charge is 0.380 e. The minimum absolute atomic E-state index is 0.0911. The molecule has 4 nitrogen and oxygen atoms in total. The van der Waals surface area contributed by atoms with Gasteiger partial charge in [-0.15, -0.1) is 0 Å². The number of nitrogens with zero attached hydrogens (tertiary/aromatic N) is 1. The number of likely N-dealkylation sites (tertiary alicyclic amines) is 1. The van der Waals surface area contributed by atoms with Crippen LogP contribution in [0.3, 0.4) is 0 Å². The normalized spacial score (nSPS) is 17.8. The quantitative estimate of drug-likeness (QED) is 0.842. The van der Waals surface area contributed by atoms with Crippen molar-refractivity contribution in [3.05, 3.63) is 65.2 Å². The van der Waals surface area contributed by atoms with Gasteiger partial charge in [-0.25, -0.2) is 0 Å². The molecule has 1 heterocycles. The molecule has 1 unspecified atom stereocenters. The highest BCUT2D eigenvalue weighted by Crippen LogP contribution is 2.19. The third kappa shape index (κ3) is 5.16. The molecule has 0 aromatic heterocycles. The van der Waals surface area contributed by atoms with Crippen LogP contribution in [0.5, 0.6) is 0 Å². The Kier molecular flexibility index (Phi) is 6.42. The summed E-state index contributed by atoms with van der Waals surface area (Å²) < 4.78 is 5.09. The van der Waals surface area contributed by atoms with Crippen LogP contribution in [0.2, 0.25) is 0 Å². The summed E-state index contributed by atoms with van der Waals surface area (Å²) in [6.07, 6.45) is 2.63. The molecule has 0 aliphatic carbocycles. The number of benzene rings is 2. The number of piperidine rings is 1. The lowest BCUT2D eigenvalue weighted by atomic mass is 10.00. The summed E-state index contributed by atoms with van der Waals surface area (Å²) in [7, 11) is 1.66. The number of amides is 1. The Bertz CT molecular complexity index is 710. The Morgan fingerprint density at radius 3 is 2.46 bits per heavy atom. The third-order valence-electron chi connectivity index (χ3n) is 4.89. The van der Waals surface area contributed by atoms with Gasteiger partial charge < -0.3 is 10.1 Å². The molecule has 1 fully saturated rings. The highest BCUT2D eigenvalue weighted by molar-refractivity contribution is 6.04. The monoisotopic (exact) mass is 352 g/mol. The molecule has 2 aromatic carbocycles. The highest BCUT2D eigenvalue weighted by Gasteiger charge is 2.16. The second kappa shape index (κ2) is 8.97. The average molecular weight is 352 g/mol. The summed E-state index contributed by atoms with van der Waals surface area (Å²) in [4.78, 5) is 14.9. The van der Waals surface area contributed by atoms with Crippen LogP contribution in [0.25, 0.3) is 0 Å². The maximum atomic E-state index is 12.4. The summed E-state index contributed by atoms with van der Waals surface area (Å²) >= 11 is 0. The first kappa shape index (κ1) is 18.6. The van der Waals surface area contributed by atoms with Crippen LogP contribution in [-0.4, -0.2) is 31.0 Å². The second-order valence-corrected chi connectivity index (χ2v) is 7.26. The number of carbonyl (C=O) groups excluding carboxylic acids is 1. The molecule has 0 bridgehead atoms. The first-order valence-electron chi connectivity index (χ1n) is 9.34. The van der Waals surface area contributed by atoms with E-state index in [1.165, 1.54) is 31.5 Å². The van der Waals surface area contributed by atoms with Crippen LogP contribution in [-0.2, 0) is 17.9 Å².